The molecule has 2 aliphatic rings. The van der Waals surface area contributed by atoms with E-state index in [-0.39, 0.29) is 11.8 Å². The molecule has 0 spiro atoms. The summed E-state index contributed by atoms with van der Waals surface area (Å²) in [6, 6.07) is 14.6. The zero-order valence-corrected chi connectivity index (χ0v) is 15.0. The summed E-state index contributed by atoms with van der Waals surface area (Å²) < 4.78 is 0. The van der Waals surface area contributed by atoms with Gasteiger partial charge in [-0.25, -0.2) is 4.79 Å². The van der Waals surface area contributed by atoms with Crippen LogP contribution in [0.25, 0.3) is 0 Å². The Morgan fingerprint density at radius 1 is 1.15 bits per heavy atom. The van der Waals surface area contributed by atoms with Crippen molar-refractivity contribution in [3.8, 4) is 0 Å². The van der Waals surface area contributed by atoms with Crippen LogP contribution in [-0.4, -0.2) is 17.8 Å². The van der Waals surface area contributed by atoms with E-state index in [9.17, 15) is 14.4 Å². The van der Waals surface area contributed by atoms with Gasteiger partial charge in [-0.1, -0.05) is 36.4 Å². The maximum Gasteiger partial charge on any atom is 0.322 e. The summed E-state index contributed by atoms with van der Waals surface area (Å²) in [5, 5.41) is 7.87. The van der Waals surface area contributed by atoms with Crippen molar-refractivity contribution in [2.75, 3.05) is 5.32 Å². The summed E-state index contributed by atoms with van der Waals surface area (Å²) in [7, 11) is 0. The number of carbonyl (C=O) groups excluding carboxylic acids is 3. The molecule has 2 atom stereocenters. The topological polar surface area (TPSA) is 87.3 Å². The van der Waals surface area contributed by atoms with Crippen molar-refractivity contribution in [2.45, 2.75) is 37.6 Å². The van der Waals surface area contributed by atoms with E-state index < -0.39 is 17.5 Å². The van der Waals surface area contributed by atoms with E-state index in [0.29, 0.717) is 11.3 Å². The number of benzene rings is 2. The second-order valence-electron chi connectivity index (χ2n) is 7.25. The molecule has 6 heteroatoms. The standard InChI is InChI=1S/C21H21N3O3/c1-21(19(26)23-20(27)24-21)14-8-5-9-15(12-14)22-18(25)17-11-4-7-13-6-2-3-10-16(13)17/h2-3,5-6,8-10,12,17H,4,7,11H2,1H3,(H,22,25)(H2,23,24,26,27)/t17-,21-/m0/s1. The number of hydrogen-bond donors (Lipinski definition) is 3. The number of aryl methyl sites for hydroxylation is 1. The Balaban J connectivity index is 1.57. The molecule has 27 heavy (non-hydrogen) atoms. The van der Waals surface area contributed by atoms with Gasteiger partial charge < -0.3 is 10.6 Å². The van der Waals surface area contributed by atoms with E-state index in [1.54, 1.807) is 31.2 Å². The van der Waals surface area contributed by atoms with Gasteiger partial charge in [-0.3, -0.25) is 14.9 Å². The van der Waals surface area contributed by atoms with Crippen LogP contribution in [0.4, 0.5) is 10.5 Å². The Bertz CT molecular complexity index is 940. The molecule has 2 aromatic rings. The predicted octanol–water partition coefficient (Wildman–Crippen LogP) is 2.80. The van der Waals surface area contributed by atoms with Gasteiger partial charge in [-0.2, -0.15) is 0 Å². The average molecular weight is 363 g/mol. The van der Waals surface area contributed by atoms with Gasteiger partial charge in [0.25, 0.3) is 5.91 Å². The van der Waals surface area contributed by atoms with Gasteiger partial charge in [0.1, 0.15) is 5.54 Å². The molecule has 3 N–H and O–H groups in total. The lowest BCUT2D eigenvalue weighted by Gasteiger charge is -2.25. The largest absolute Gasteiger partial charge is 0.326 e. The summed E-state index contributed by atoms with van der Waals surface area (Å²) in [5.41, 5.74) is 2.40. The van der Waals surface area contributed by atoms with Gasteiger partial charge in [-0.05, 0) is 55.0 Å². The lowest BCUT2D eigenvalue weighted by Crippen LogP contribution is -2.40. The molecule has 4 rings (SSSR count). The highest BCUT2D eigenvalue weighted by Crippen LogP contribution is 2.33. The van der Waals surface area contributed by atoms with E-state index in [2.05, 4.69) is 22.0 Å². The number of imide groups is 1. The number of anilines is 1. The van der Waals surface area contributed by atoms with Crippen molar-refractivity contribution in [1.29, 1.82) is 0 Å². The molecule has 2 aromatic carbocycles. The summed E-state index contributed by atoms with van der Waals surface area (Å²) in [4.78, 5) is 36.6. The third kappa shape index (κ3) is 3.07. The second-order valence-corrected chi connectivity index (χ2v) is 7.25. The first-order valence-corrected chi connectivity index (χ1v) is 9.10. The molecular weight excluding hydrogens is 342 g/mol. The number of hydrogen-bond acceptors (Lipinski definition) is 3. The fourth-order valence-corrected chi connectivity index (χ4v) is 3.91. The number of fused-ring (bicyclic) bond motifs is 1. The molecule has 0 aromatic heterocycles. The molecule has 1 fully saturated rings. The lowest BCUT2D eigenvalue weighted by molar-refractivity contribution is -0.123. The molecule has 1 heterocycles. The van der Waals surface area contributed by atoms with E-state index in [1.165, 1.54) is 5.56 Å². The molecule has 0 bridgehead atoms. The number of nitrogens with one attached hydrogen (secondary N) is 3. The van der Waals surface area contributed by atoms with Gasteiger partial charge in [-0.15, -0.1) is 0 Å². The SMILES string of the molecule is C[C@@]1(c2cccc(NC(=O)[C@H]3CCCc4ccccc43)c2)NC(=O)NC1=O. The summed E-state index contributed by atoms with van der Waals surface area (Å²) in [5.74, 6) is -0.634. The second kappa shape index (κ2) is 6.54. The van der Waals surface area contributed by atoms with Crippen molar-refractivity contribution in [3.05, 3.63) is 65.2 Å². The highest BCUT2D eigenvalue weighted by Gasteiger charge is 2.43. The highest BCUT2D eigenvalue weighted by atomic mass is 16.2. The average Bonchev–Trinajstić information content (AvgIpc) is 2.94. The predicted molar refractivity (Wildman–Crippen MR) is 101 cm³/mol. The van der Waals surface area contributed by atoms with E-state index in [4.69, 9.17) is 0 Å². The highest BCUT2D eigenvalue weighted by molar-refractivity contribution is 6.07. The van der Waals surface area contributed by atoms with E-state index in [1.807, 2.05) is 18.2 Å². The Labute approximate surface area is 157 Å². The number of rotatable bonds is 3. The minimum Gasteiger partial charge on any atom is -0.326 e. The van der Waals surface area contributed by atoms with Crippen LogP contribution in [-0.2, 0) is 21.5 Å². The van der Waals surface area contributed by atoms with Crippen LogP contribution in [0.5, 0.6) is 0 Å². The smallest absolute Gasteiger partial charge is 0.322 e. The van der Waals surface area contributed by atoms with Crippen molar-refractivity contribution in [1.82, 2.24) is 10.6 Å². The monoisotopic (exact) mass is 363 g/mol. The molecule has 1 aliphatic carbocycles. The molecule has 4 amide bonds. The number of amides is 4. The van der Waals surface area contributed by atoms with Crippen molar-refractivity contribution < 1.29 is 14.4 Å². The Kier molecular flexibility index (Phi) is 4.18. The Hall–Kier alpha value is -3.15. The van der Waals surface area contributed by atoms with Crippen LogP contribution in [0.15, 0.2) is 48.5 Å². The quantitative estimate of drug-likeness (QED) is 0.733. The molecular formula is C21H21N3O3. The Morgan fingerprint density at radius 2 is 1.96 bits per heavy atom. The van der Waals surface area contributed by atoms with Crippen molar-refractivity contribution in [3.63, 3.8) is 0 Å². The van der Waals surface area contributed by atoms with Crippen LogP contribution in [0.2, 0.25) is 0 Å². The van der Waals surface area contributed by atoms with E-state index >= 15 is 0 Å². The van der Waals surface area contributed by atoms with E-state index in [0.717, 1.165) is 24.8 Å². The first kappa shape index (κ1) is 17.3. The van der Waals surface area contributed by atoms with Gasteiger partial charge in [0.15, 0.2) is 0 Å². The first-order chi connectivity index (χ1) is 13.0. The lowest BCUT2D eigenvalue weighted by atomic mass is 9.82. The summed E-state index contributed by atoms with van der Waals surface area (Å²) in [6.07, 6.45) is 2.81. The van der Waals surface area contributed by atoms with Gasteiger partial charge >= 0.3 is 6.03 Å². The third-order valence-corrected chi connectivity index (χ3v) is 5.44. The van der Waals surface area contributed by atoms with Crippen LogP contribution in [0, 0.1) is 0 Å². The van der Waals surface area contributed by atoms with Crippen LogP contribution in [0.1, 0.15) is 42.4 Å². The molecule has 138 valence electrons. The zero-order valence-electron chi connectivity index (χ0n) is 15.0. The summed E-state index contributed by atoms with van der Waals surface area (Å²) >= 11 is 0. The zero-order chi connectivity index (χ0) is 19.0. The molecule has 1 saturated heterocycles. The maximum atomic E-state index is 12.9. The molecule has 6 nitrogen and oxygen atoms in total. The van der Waals surface area contributed by atoms with Gasteiger partial charge in [0.2, 0.25) is 5.91 Å². The molecule has 0 unspecified atom stereocenters. The van der Waals surface area contributed by atoms with Crippen LogP contribution < -0.4 is 16.0 Å². The molecule has 0 radical (unpaired) electrons. The van der Waals surface area contributed by atoms with Crippen molar-refractivity contribution >= 4 is 23.5 Å². The number of urea groups is 1. The minimum atomic E-state index is -1.14. The van der Waals surface area contributed by atoms with Gasteiger partial charge in [0, 0.05) is 5.69 Å². The van der Waals surface area contributed by atoms with Crippen LogP contribution in [0.3, 0.4) is 0 Å². The van der Waals surface area contributed by atoms with Gasteiger partial charge in [0.05, 0.1) is 5.92 Å². The molecule has 0 saturated carbocycles. The summed E-state index contributed by atoms with van der Waals surface area (Å²) in [6.45, 7) is 1.64. The third-order valence-electron chi connectivity index (χ3n) is 5.44. The van der Waals surface area contributed by atoms with Crippen LogP contribution >= 0.6 is 0 Å². The normalized spacial score (nSPS) is 24.0. The Morgan fingerprint density at radius 3 is 2.74 bits per heavy atom. The maximum absolute atomic E-state index is 12.9. The number of carbonyl (C=O) groups is 3. The first-order valence-electron chi connectivity index (χ1n) is 9.10. The fourth-order valence-electron chi connectivity index (χ4n) is 3.91. The van der Waals surface area contributed by atoms with Crippen molar-refractivity contribution in [2.24, 2.45) is 0 Å². The molecule has 1 aliphatic heterocycles. The fraction of sp³-hybridized carbons (Fsp3) is 0.286. The minimum absolute atomic E-state index is 0.0515.